The Kier molecular flexibility index (Phi) is 6.89. The summed E-state index contributed by atoms with van der Waals surface area (Å²) < 4.78 is 5.39. The van der Waals surface area contributed by atoms with E-state index in [9.17, 15) is 5.11 Å². The maximum atomic E-state index is 9.27. The van der Waals surface area contributed by atoms with Crippen LogP contribution in [0.5, 0.6) is 5.75 Å². The molecule has 0 aliphatic heterocycles. The van der Waals surface area contributed by atoms with Crippen LogP contribution in [-0.4, -0.2) is 42.9 Å². The second kappa shape index (κ2) is 8.18. The summed E-state index contributed by atoms with van der Waals surface area (Å²) in [4.78, 5) is 2.34. The Morgan fingerprint density at radius 1 is 1.26 bits per heavy atom. The van der Waals surface area contributed by atoms with Crippen molar-refractivity contribution in [1.29, 1.82) is 0 Å². The second-order valence-corrected chi connectivity index (χ2v) is 5.34. The Bertz CT molecular complexity index is 366. The van der Waals surface area contributed by atoms with Gasteiger partial charge in [0.15, 0.2) is 0 Å². The van der Waals surface area contributed by atoms with Gasteiger partial charge in [-0.25, -0.2) is 0 Å². The third-order valence-electron chi connectivity index (χ3n) is 3.59. The van der Waals surface area contributed by atoms with E-state index in [4.69, 9.17) is 4.74 Å². The van der Waals surface area contributed by atoms with Crippen molar-refractivity contribution in [3.05, 3.63) is 29.8 Å². The molecule has 108 valence electrons. The molecular weight excluding hydrogens is 238 g/mol. The molecule has 1 rings (SSSR count). The number of nitrogens with zero attached hydrogens (tertiary/aromatic N) is 1. The van der Waals surface area contributed by atoms with Crippen molar-refractivity contribution in [2.75, 3.05) is 20.7 Å². The van der Waals surface area contributed by atoms with Crippen molar-refractivity contribution >= 4 is 0 Å². The molecule has 1 aromatic carbocycles. The average Bonchev–Trinajstić information content (AvgIpc) is 2.38. The zero-order valence-electron chi connectivity index (χ0n) is 12.6. The quantitative estimate of drug-likeness (QED) is 0.784. The fourth-order valence-corrected chi connectivity index (χ4v) is 2.20. The maximum Gasteiger partial charge on any atom is 0.122 e. The van der Waals surface area contributed by atoms with E-state index in [2.05, 4.69) is 31.0 Å². The van der Waals surface area contributed by atoms with Crippen LogP contribution in [0.2, 0.25) is 0 Å². The zero-order valence-corrected chi connectivity index (χ0v) is 12.6. The van der Waals surface area contributed by atoms with Crippen molar-refractivity contribution in [2.24, 2.45) is 0 Å². The summed E-state index contributed by atoms with van der Waals surface area (Å²) in [5.74, 6) is 0.965. The third-order valence-corrected chi connectivity index (χ3v) is 3.59. The number of benzene rings is 1. The standard InChI is InChI=1S/C16H27NO2/c1-13(17(3)11-7-8-14(2)18)12-15-9-5-6-10-16(15)19-4/h5-6,9-10,13-14,18H,7-8,11-12H2,1-4H3. The number of hydrogen-bond donors (Lipinski definition) is 1. The lowest BCUT2D eigenvalue weighted by Crippen LogP contribution is -2.32. The van der Waals surface area contributed by atoms with E-state index in [0.717, 1.165) is 31.6 Å². The fraction of sp³-hybridized carbons (Fsp3) is 0.625. The number of ether oxygens (including phenoxy) is 1. The molecule has 0 saturated carbocycles. The first-order chi connectivity index (χ1) is 9.04. The van der Waals surface area contributed by atoms with Gasteiger partial charge in [0.2, 0.25) is 0 Å². The second-order valence-electron chi connectivity index (χ2n) is 5.34. The number of aliphatic hydroxyl groups excluding tert-OH is 1. The lowest BCUT2D eigenvalue weighted by molar-refractivity contribution is 0.168. The molecule has 0 fully saturated rings. The fourth-order valence-electron chi connectivity index (χ4n) is 2.20. The van der Waals surface area contributed by atoms with Gasteiger partial charge in [0.25, 0.3) is 0 Å². The van der Waals surface area contributed by atoms with Gasteiger partial charge < -0.3 is 14.7 Å². The summed E-state index contributed by atoms with van der Waals surface area (Å²) >= 11 is 0. The minimum Gasteiger partial charge on any atom is -0.496 e. The first-order valence-corrected chi connectivity index (χ1v) is 7.04. The monoisotopic (exact) mass is 265 g/mol. The molecule has 0 saturated heterocycles. The van der Waals surface area contributed by atoms with Crippen LogP contribution in [0.1, 0.15) is 32.3 Å². The van der Waals surface area contributed by atoms with Crippen LogP contribution < -0.4 is 4.74 Å². The van der Waals surface area contributed by atoms with Crippen LogP contribution in [0.4, 0.5) is 0 Å². The first-order valence-electron chi connectivity index (χ1n) is 7.04. The van der Waals surface area contributed by atoms with E-state index < -0.39 is 0 Å². The van der Waals surface area contributed by atoms with Gasteiger partial charge in [-0.15, -0.1) is 0 Å². The Balaban J connectivity index is 2.46. The van der Waals surface area contributed by atoms with E-state index in [1.807, 2.05) is 19.1 Å². The van der Waals surface area contributed by atoms with E-state index in [-0.39, 0.29) is 6.10 Å². The smallest absolute Gasteiger partial charge is 0.122 e. The molecule has 2 unspecified atom stereocenters. The number of hydrogen-bond acceptors (Lipinski definition) is 3. The predicted molar refractivity (Wildman–Crippen MR) is 79.7 cm³/mol. The summed E-state index contributed by atoms with van der Waals surface area (Å²) in [5.41, 5.74) is 1.25. The van der Waals surface area contributed by atoms with Crippen LogP contribution in [0.15, 0.2) is 24.3 Å². The van der Waals surface area contributed by atoms with E-state index >= 15 is 0 Å². The van der Waals surface area contributed by atoms with Crippen molar-refractivity contribution in [1.82, 2.24) is 4.90 Å². The SMILES string of the molecule is COc1ccccc1CC(C)N(C)CCCC(C)O. The summed E-state index contributed by atoms with van der Waals surface area (Å²) in [7, 11) is 3.86. The van der Waals surface area contributed by atoms with Crippen molar-refractivity contribution < 1.29 is 9.84 Å². The van der Waals surface area contributed by atoms with Crippen LogP contribution in [0.25, 0.3) is 0 Å². The molecule has 0 aliphatic rings. The highest BCUT2D eigenvalue weighted by Gasteiger charge is 2.12. The molecule has 0 bridgehead atoms. The number of methoxy groups -OCH3 is 1. The number of likely N-dealkylation sites (N-methyl/N-ethyl adjacent to an activating group) is 1. The van der Waals surface area contributed by atoms with Gasteiger partial charge in [0, 0.05) is 6.04 Å². The largest absolute Gasteiger partial charge is 0.496 e. The molecule has 3 nitrogen and oxygen atoms in total. The van der Waals surface area contributed by atoms with E-state index in [1.54, 1.807) is 7.11 Å². The highest BCUT2D eigenvalue weighted by atomic mass is 16.5. The number of rotatable bonds is 8. The molecule has 3 heteroatoms. The summed E-state index contributed by atoms with van der Waals surface area (Å²) in [6.45, 7) is 5.09. The van der Waals surface area contributed by atoms with Crippen molar-refractivity contribution in [3.63, 3.8) is 0 Å². The van der Waals surface area contributed by atoms with Crippen molar-refractivity contribution in [2.45, 2.75) is 45.3 Å². The summed E-state index contributed by atoms with van der Waals surface area (Å²) in [6.07, 6.45) is 2.68. The molecule has 1 N–H and O–H groups in total. The normalized spacial score (nSPS) is 14.4. The predicted octanol–water partition coefficient (Wildman–Crippen LogP) is 2.72. The molecule has 0 aromatic heterocycles. The van der Waals surface area contributed by atoms with Crippen LogP contribution in [0.3, 0.4) is 0 Å². The Morgan fingerprint density at radius 3 is 2.58 bits per heavy atom. The first kappa shape index (κ1) is 16.0. The highest BCUT2D eigenvalue weighted by Crippen LogP contribution is 2.20. The molecule has 0 spiro atoms. The van der Waals surface area contributed by atoms with Gasteiger partial charge in [0.1, 0.15) is 5.75 Å². The van der Waals surface area contributed by atoms with E-state index in [0.29, 0.717) is 6.04 Å². The van der Waals surface area contributed by atoms with Crippen LogP contribution >= 0.6 is 0 Å². The molecular formula is C16H27NO2. The third kappa shape index (κ3) is 5.62. The minimum atomic E-state index is -0.196. The number of aliphatic hydroxyl groups is 1. The Labute approximate surface area is 117 Å². The van der Waals surface area contributed by atoms with Gasteiger partial charge in [-0.2, -0.15) is 0 Å². The van der Waals surface area contributed by atoms with Crippen molar-refractivity contribution in [3.8, 4) is 5.75 Å². The average molecular weight is 265 g/mol. The minimum absolute atomic E-state index is 0.196. The molecule has 1 aromatic rings. The highest BCUT2D eigenvalue weighted by molar-refractivity contribution is 5.33. The van der Waals surface area contributed by atoms with Gasteiger partial charge in [-0.1, -0.05) is 18.2 Å². The van der Waals surface area contributed by atoms with Crippen LogP contribution in [0, 0.1) is 0 Å². The van der Waals surface area contributed by atoms with Gasteiger partial charge in [-0.3, -0.25) is 0 Å². The summed E-state index contributed by atoms with van der Waals surface area (Å²) in [6, 6.07) is 8.65. The summed E-state index contributed by atoms with van der Waals surface area (Å²) in [5, 5.41) is 9.27. The van der Waals surface area contributed by atoms with Gasteiger partial charge >= 0.3 is 0 Å². The molecule has 0 aliphatic carbocycles. The molecule has 2 atom stereocenters. The molecule has 0 amide bonds. The lowest BCUT2D eigenvalue weighted by Gasteiger charge is -2.25. The lowest BCUT2D eigenvalue weighted by atomic mass is 10.0. The van der Waals surface area contributed by atoms with Gasteiger partial charge in [-0.05, 0) is 58.3 Å². The molecule has 0 heterocycles. The molecule has 19 heavy (non-hydrogen) atoms. The zero-order chi connectivity index (χ0) is 14.3. The van der Waals surface area contributed by atoms with Crippen LogP contribution in [-0.2, 0) is 6.42 Å². The molecule has 0 radical (unpaired) electrons. The van der Waals surface area contributed by atoms with Gasteiger partial charge in [0.05, 0.1) is 13.2 Å². The maximum absolute atomic E-state index is 9.27. The Hall–Kier alpha value is -1.06. The van der Waals surface area contributed by atoms with E-state index in [1.165, 1.54) is 5.56 Å². The Morgan fingerprint density at radius 2 is 1.95 bits per heavy atom. The topological polar surface area (TPSA) is 32.7 Å². The number of para-hydroxylation sites is 1.